The standard InChI is InChI=1S/C25H32N2O3S/c1-3-18-27(19-17-21-11-6-4-7-12-21)25(28)22-13-10-16-24(20-22)31(29,30)26(2)23-14-8-5-9-15-23/h3-4,6-7,10-13,16,20,23H,1,5,8-9,14-15,17-19H2,2H3. The number of benzene rings is 2. The Morgan fingerprint density at radius 2 is 1.77 bits per heavy atom. The zero-order valence-electron chi connectivity index (χ0n) is 18.2. The molecule has 1 aliphatic carbocycles. The Morgan fingerprint density at radius 3 is 2.45 bits per heavy atom. The summed E-state index contributed by atoms with van der Waals surface area (Å²) < 4.78 is 27.9. The van der Waals surface area contributed by atoms with Crippen LogP contribution in [0, 0.1) is 0 Å². The lowest BCUT2D eigenvalue weighted by molar-refractivity contribution is 0.0775. The number of carbonyl (C=O) groups is 1. The molecular weight excluding hydrogens is 408 g/mol. The molecule has 1 fully saturated rings. The van der Waals surface area contributed by atoms with Gasteiger partial charge in [0, 0.05) is 31.7 Å². The molecule has 1 saturated carbocycles. The third-order valence-corrected chi connectivity index (χ3v) is 7.90. The van der Waals surface area contributed by atoms with Crippen LogP contribution in [0.1, 0.15) is 48.0 Å². The second-order valence-electron chi connectivity index (χ2n) is 8.12. The van der Waals surface area contributed by atoms with Gasteiger partial charge in [-0.05, 0) is 43.0 Å². The predicted octanol–water partition coefficient (Wildman–Crippen LogP) is 4.51. The van der Waals surface area contributed by atoms with Crippen LogP contribution in [0.4, 0.5) is 0 Å². The number of hydrogen-bond acceptors (Lipinski definition) is 3. The molecule has 5 nitrogen and oxygen atoms in total. The van der Waals surface area contributed by atoms with Crippen molar-refractivity contribution < 1.29 is 13.2 Å². The Morgan fingerprint density at radius 1 is 1.06 bits per heavy atom. The minimum absolute atomic E-state index is 0.0289. The predicted molar refractivity (Wildman–Crippen MR) is 125 cm³/mol. The normalized spacial score (nSPS) is 15.0. The van der Waals surface area contributed by atoms with E-state index in [4.69, 9.17) is 0 Å². The van der Waals surface area contributed by atoms with E-state index in [2.05, 4.69) is 6.58 Å². The molecule has 166 valence electrons. The highest BCUT2D eigenvalue weighted by Gasteiger charge is 2.29. The first-order valence-electron chi connectivity index (χ1n) is 11.0. The molecule has 0 aromatic heterocycles. The van der Waals surface area contributed by atoms with Crippen molar-refractivity contribution in [2.75, 3.05) is 20.1 Å². The van der Waals surface area contributed by atoms with E-state index in [0.29, 0.717) is 18.7 Å². The van der Waals surface area contributed by atoms with Gasteiger partial charge in [0.15, 0.2) is 0 Å². The summed E-state index contributed by atoms with van der Waals surface area (Å²) in [7, 11) is -1.99. The van der Waals surface area contributed by atoms with Crippen molar-refractivity contribution >= 4 is 15.9 Å². The average Bonchev–Trinajstić information content (AvgIpc) is 2.82. The van der Waals surface area contributed by atoms with Crippen molar-refractivity contribution in [1.29, 1.82) is 0 Å². The molecule has 0 atom stereocenters. The first-order chi connectivity index (χ1) is 14.9. The fourth-order valence-corrected chi connectivity index (χ4v) is 5.58. The van der Waals surface area contributed by atoms with Crippen molar-refractivity contribution in [2.45, 2.75) is 49.5 Å². The summed E-state index contributed by atoms with van der Waals surface area (Å²) in [6, 6.07) is 16.4. The van der Waals surface area contributed by atoms with E-state index in [-0.39, 0.29) is 16.8 Å². The molecule has 6 heteroatoms. The molecule has 0 radical (unpaired) electrons. The van der Waals surface area contributed by atoms with Gasteiger partial charge in [-0.1, -0.05) is 61.7 Å². The Kier molecular flexibility index (Phi) is 8.04. The van der Waals surface area contributed by atoms with Gasteiger partial charge in [0.1, 0.15) is 0 Å². The summed E-state index contributed by atoms with van der Waals surface area (Å²) in [5.74, 6) is -0.187. The second kappa shape index (κ2) is 10.7. The maximum absolute atomic E-state index is 13.2. The monoisotopic (exact) mass is 440 g/mol. The molecule has 1 aliphatic rings. The summed E-state index contributed by atoms with van der Waals surface area (Å²) in [5, 5.41) is 0. The molecule has 0 aliphatic heterocycles. The second-order valence-corrected chi connectivity index (χ2v) is 10.1. The number of nitrogens with zero attached hydrogens (tertiary/aromatic N) is 2. The maximum atomic E-state index is 13.2. The molecule has 0 saturated heterocycles. The Bertz CT molecular complexity index is 983. The highest BCUT2D eigenvalue weighted by atomic mass is 32.2. The zero-order chi connectivity index (χ0) is 22.3. The van der Waals surface area contributed by atoms with E-state index < -0.39 is 10.0 Å². The van der Waals surface area contributed by atoms with Crippen LogP contribution in [-0.4, -0.2) is 49.7 Å². The van der Waals surface area contributed by atoms with E-state index in [9.17, 15) is 13.2 Å². The summed E-state index contributed by atoms with van der Waals surface area (Å²) in [5.41, 5.74) is 1.53. The highest BCUT2D eigenvalue weighted by Crippen LogP contribution is 2.27. The van der Waals surface area contributed by atoms with Gasteiger partial charge in [-0.2, -0.15) is 4.31 Å². The lowest BCUT2D eigenvalue weighted by atomic mass is 9.96. The number of sulfonamides is 1. The van der Waals surface area contributed by atoms with Crippen LogP contribution >= 0.6 is 0 Å². The zero-order valence-corrected chi connectivity index (χ0v) is 19.1. The third-order valence-electron chi connectivity index (χ3n) is 6.00. The van der Waals surface area contributed by atoms with Crippen molar-refractivity contribution in [3.8, 4) is 0 Å². The summed E-state index contributed by atoms with van der Waals surface area (Å²) in [4.78, 5) is 15.1. The first kappa shape index (κ1) is 23.2. The van der Waals surface area contributed by atoms with Gasteiger partial charge in [0.25, 0.3) is 5.91 Å². The Hall–Kier alpha value is -2.44. The average molecular weight is 441 g/mol. The van der Waals surface area contributed by atoms with Crippen LogP contribution in [0.5, 0.6) is 0 Å². The van der Waals surface area contributed by atoms with E-state index in [1.54, 1.807) is 36.2 Å². The number of amides is 1. The Balaban J connectivity index is 1.77. The quantitative estimate of drug-likeness (QED) is 0.539. The summed E-state index contributed by atoms with van der Waals surface area (Å²) in [6.45, 7) is 4.71. The molecule has 31 heavy (non-hydrogen) atoms. The van der Waals surface area contributed by atoms with Crippen molar-refractivity contribution in [3.05, 3.63) is 78.4 Å². The van der Waals surface area contributed by atoms with Crippen LogP contribution in [0.2, 0.25) is 0 Å². The van der Waals surface area contributed by atoms with Crippen LogP contribution in [0.3, 0.4) is 0 Å². The van der Waals surface area contributed by atoms with Gasteiger partial charge in [-0.15, -0.1) is 6.58 Å². The van der Waals surface area contributed by atoms with Crippen molar-refractivity contribution in [1.82, 2.24) is 9.21 Å². The van der Waals surface area contributed by atoms with E-state index in [1.807, 2.05) is 30.3 Å². The molecule has 2 aromatic carbocycles. The topological polar surface area (TPSA) is 57.7 Å². The lowest BCUT2D eigenvalue weighted by Crippen LogP contribution is -2.38. The summed E-state index contributed by atoms with van der Waals surface area (Å²) in [6.07, 6.45) is 7.48. The van der Waals surface area contributed by atoms with Crippen molar-refractivity contribution in [2.24, 2.45) is 0 Å². The fraction of sp³-hybridized carbons (Fsp3) is 0.400. The van der Waals surface area contributed by atoms with E-state index >= 15 is 0 Å². The van der Waals surface area contributed by atoms with Gasteiger partial charge in [0.2, 0.25) is 10.0 Å². The van der Waals surface area contributed by atoms with Gasteiger partial charge in [-0.25, -0.2) is 8.42 Å². The fourth-order valence-electron chi connectivity index (χ4n) is 4.12. The highest BCUT2D eigenvalue weighted by molar-refractivity contribution is 7.89. The SMILES string of the molecule is C=CCN(CCc1ccccc1)C(=O)c1cccc(S(=O)(=O)N(C)C2CCCCC2)c1. The van der Waals surface area contributed by atoms with E-state index in [0.717, 1.165) is 44.1 Å². The molecule has 0 unspecified atom stereocenters. The number of carbonyl (C=O) groups excluding carboxylic acids is 1. The number of hydrogen-bond donors (Lipinski definition) is 0. The molecule has 1 amide bonds. The van der Waals surface area contributed by atoms with Gasteiger partial charge >= 0.3 is 0 Å². The van der Waals surface area contributed by atoms with Crippen molar-refractivity contribution in [3.63, 3.8) is 0 Å². The van der Waals surface area contributed by atoms with Gasteiger partial charge in [-0.3, -0.25) is 4.79 Å². The van der Waals surface area contributed by atoms with Crippen LogP contribution in [-0.2, 0) is 16.4 Å². The lowest BCUT2D eigenvalue weighted by Gasteiger charge is -2.30. The van der Waals surface area contributed by atoms with Crippen LogP contribution < -0.4 is 0 Å². The minimum Gasteiger partial charge on any atom is -0.335 e. The molecule has 0 heterocycles. The third kappa shape index (κ3) is 5.83. The number of rotatable bonds is 9. The molecule has 0 N–H and O–H groups in total. The molecular formula is C25H32N2O3S. The first-order valence-corrected chi connectivity index (χ1v) is 12.4. The minimum atomic E-state index is -3.65. The Labute approximate surface area is 186 Å². The largest absolute Gasteiger partial charge is 0.335 e. The summed E-state index contributed by atoms with van der Waals surface area (Å²) >= 11 is 0. The van der Waals surface area contributed by atoms with Gasteiger partial charge < -0.3 is 4.90 Å². The van der Waals surface area contributed by atoms with Crippen LogP contribution in [0.15, 0.2) is 72.1 Å². The van der Waals surface area contributed by atoms with E-state index in [1.165, 1.54) is 10.4 Å². The smallest absolute Gasteiger partial charge is 0.254 e. The molecule has 0 spiro atoms. The molecule has 0 bridgehead atoms. The van der Waals surface area contributed by atoms with Gasteiger partial charge in [0.05, 0.1) is 4.90 Å². The molecule has 3 rings (SSSR count). The van der Waals surface area contributed by atoms with Crippen LogP contribution in [0.25, 0.3) is 0 Å². The molecule has 2 aromatic rings. The maximum Gasteiger partial charge on any atom is 0.254 e.